The van der Waals surface area contributed by atoms with Crippen molar-refractivity contribution in [3.8, 4) is 11.4 Å². The van der Waals surface area contributed by atoms with E-state index in [4.69, 9.17) is 14.7 Å². The van der Waals surface area contributed by atoms with Crippen molar-refractivity contribution in [1.29, 1.82) is 0 Å². The van der Waals surface area contributed by atoms with Crippen LogP contribution in [0.3, 0.4) is 0 Å². The summed E-state index contributed by atoms with van der Waals surface area (Å²) in [5.41, 5.74) is 4.00. The second-order valence-corrected chi connectivity index (χ2v) is 7.13. The van der Waals surface area contributed by atoms with Gasteiger partial charge in [-0.15, -0.1) is 0 Å². The highest BCUT2D eigenvalue weighted by Gasteiger charge is 2.27. The molecule has 1 saturated heterocycles. The van der Waals surface area contributed by atoms with Gasteiger partial charge >= 0.3 is 6.03 Å². The molecular weight excluding hydrogens is 356 g/mol. The molecule has 0 bridgehead atoms. The molecule has 0 aliphatic carbocycles. The Morgan fingerprint density at radius 2 is 1.89 bits per heavy atom. The number of rotatable bonds is 4. The Morgan fingerprint density at radius 1 is 1.14 bits per heavy atom. The second-order valence-electron chi connectivity index (χ2n) is 7.13. The molecule has 2 amide bonds. The van der Waals surface area contributed by atoms with Crippen molar-refractivity contribution >= 4 is 17.5 Å². The summed E-state index contributed by atoms with van der Waals surface area (Å²) in [7, 11) is 2.10. The monoisotopic (exact) mass is 382 g/mol. The van der Waals surface area contributed by atoms with Crippen LogP contribution in [0.2, 0.25) is 0 Å². The van der Waals surface area contributed by atoms with Crippen LogP contribution in [0.1, 0.15) is 18.2 Å². The second kappa shape index (κ2) is 8.12. The highest BCUT2D eigenvalue weighted by molar-refractivity contribution is 5.89. The molecule has 0 unspecified atom stereocenters. The van der Waals surface area contributed by atoms with Crippen LogP contribution in [-0.2, 0) is 17.8 Å². The number of anilines is 2. The molecule has 0 saturated carbocycles. The summed E-state index contributed by atoms with van der Waals surface area (Å²) in [5, 5.41) is 5.53. The van der Waals surface area contributed by atoms with Crippen molar-refractivity contribution in [2.45, 2.75) is 20.0 Å². The van der Waals surface area contributed by atoms with E-state index in [9.17, 15) is 4.79 Å². The maximum absolute atomic E-state index is 11.7. The molecule has 8 nitrogen and oxygen atoms in total. The van der Waals surface area contributed by atoms with Gasteiger partial charge in [-0.1, -0.05) is 0 Å². The Bertz CT molecular complexity index is 849. The van der Waals surface area contributed by atoms with E-state index in [0.717, 1.165) is 68.0 Å². The van der Waals surface area contributed by atoms with E-state index in [2.05, 4.69) is 27.5 Å². The smallest absolute Gasteiger partial charge is 0.319 e. The number of aromatic nitrogens is 2. The lowest BCUT2D eigenvalue weighted by Crippen LogP contribution is -2.37. The fourth-order valence-electron chi connectivity index (χ4n) is 3.60. The first kappa shape index (κ1) is 18.6. The first-order valence-electron chi connectivity index (χ1n) is 9.70. The maximum atomic E-state index is 11.7. The van der Waals surface area contributed by atoms with Crippen LogP contribution in [0, 0.1) is 0 Å². The molecule has 2 aromatic rings. The lowest BCUT2D eigenvalue weighted by atomic mass is 10.1. The molecule has 2 aliphatic rings. The van der Waals surface area contributed by atoms with E-state index in [1.165, 1.54) is 5.56 Å². The van der Waals surface area contributed by atoms with Gasteiger partial charge in [0.05, 0.1) is 18.9 Å². The highest BCUT2D eigenvalue weighted by atomic mass is 16.5. The Morgan fingerprint density at radius 3 is 2.61 bits per heavy atom. The number of ether oxygens (including phenoxy) is 1. The molecule has 148 valence electrons. The molecule has 2 N–H and O–H groups in total. The van der Waals surface area contributed by atoms with E-state index < -0.39 is 0 Å². The fourth-order valence-corrected chi connectivity index (χ4v) is 3.60. The van der Waals surface area contributed by atoms with Crippen LogP contribution >= 0.6 is 0 Å². The number of benzene rings is 1. The lowest BCUT2D eigenvalue weighted by Gasteiger charge is -2.29. The maximum Gasteiger partial charge on any atom is 0.319 e. The Hall–Kier alpha value is -2.71. The van der Waals surface area contributed by atoms with Crippen molar-refractivity contribution in [3.63, 3.8) is 0 Å². The summed E-state index contributed by atoms with van der Waals surface area (Å²) >= 11 is 0. The van der Waals surface area contributed by atoms with Gasteiger partial charge in [0.1, 0.15) is 5.82 Å². The van der Waals surface area contributed by atoms with Crippen LogP contribution in [0.5, 0.6) is 0 Å². The summed E-state index contributed by atoms with van der Waals surface area (Å²) in [5.74, 6) is 1.75. The van der Waals surface area contributed by atoms with Crippen molar-refractivity contribution in [3.05, 3.63) is 35.5 Å². The third-order valence-electron chi connectivity index (χ3n) is 4.97. The average Bonchev–Trinajstić information content (AvgIpc) is 3.08. The van der Waals surface area contributed by atoms with E-state index in [0.29, 0.717) is 6.54 Å². The number of fused-ring (bicyclic) bond motifs is 1. The van der Waals surface area contributed by atoms with Crippen molar-refractivity contribution in [2.75, 3.05) is 50.1 Å². The number of carbonyl (C=O) groups is 1. The molecular formula is C20H26N6O2. The van der Waals surface area contributed by atoms with Gasteiger partial charge in [0.25, 0.3) is 0 Å². The number of nitrogens with zero attached hydrogens (tertiary/aromatic N) is 4. The SMILES string of the molecule is CCNC(=O)Nc1ccc(-c2nc3c(c(N4CCOCC4)n2)CN(C)C3)cc1. The number of nitrogens with one attached hydrogen (secondary N) is 2. The average molecular weight is 382 g/mol. The topological polar surface area (TPSA) is 82.6 Å². The molecule has 1 fully saturated rings. The van der Waals surface area contributed by atoms with Crippen molar-refractivity contribution in [2.24, 2.45) is 0 Å². The Labute approximate surface area is 164 Å². The molecule has 0 spiro atoms. The minimum atomic E-state index is -0.207. The van der Waals surface area contributed by atoms with Crippen LogP contribution < -0.4 is 15.5 Å². The highest BCUT2D eigenvalue weighted by Crippen LogP contribution is 2.31. The van der Waals surface area contributed by atoms with Crippen LogP contribution in [0.25, 0.3) is 11.4 Å². The summed E-state index contributed by atoms with van der Waals surface area (Å²) in [4.78, 5) is 26.0. The number of hydrogen-bond donors (Lipinski definition) is 2. The third kappa shape index (κ3) is 3.93. The molecule has 1 aromatic heterocycles. The van der Waals surface area contributed by atoms with Crippen LogP contribution in [0.15, 0.2) is 24.3 Å². The van der Waals surface area contributed by atoms with E-state index >= 15 is 0 Å². The number of amides is 2. The van der Waals surface area contributed by atoms with Crippen LogP contribution in [-0.4, -0.2) is 60.8 Å². The first-order chi connectivity index (χ1) is 13.6. The zero-order valence-electron chi connectivity index (χ0n) is 16.4. The van der Waals surface area contributed by atoms with Crippen molar-refractivity contribution in [1.82, 2.24) is 20.2 Å². The molecule has 0 atom stereocenters. The summed E-state index contributed by atoms with van der Waals surface area (Å²) < 4.78 is 5.50. The van der Waals surface area contributed by atoms with Gasteiger partial charge in [-0.25, -0.2) is 14.8 Å². The molecule has 4 rings (SSSR count). The van der Waals surface area contributed by atoms with Gasteiger partial charge in [-0.05, 0) is 38.2 Å². The summed E-state index contributed by atoms with van der Waals surface area (Å²) in [6.45, 7) is 7.33. The number of urea groups is 1. The van der Waals surface area contributed by atoms with Gasteiger partial charge in [-0.3, -0.25) is 4.90 Å². The predicted molar refractivity (Wildman–Crippen MR) is 108 cm³/mol. The normalized spacial score (nSPS) is 16.7. The van der Waals surface area contributed by atoms with E-state index in [1.54, 1.807) is 0 Å². The quantitative estimate of drug-likeness (QED) is 0.842. The van der Waals surface area contributed by atoms with Gasteiger partial charge in [-0.2, -0.15) is 0 Å². The summed E-state index contributed by atoms with van der Waals surface area (Å²) in [6.07, 6.45) is 0. The number of morpholine rings is 1. The minimum absolute atomic E-state index is 0.207. The lowest BCUT2D eigenvalue weighted by molar-refractivity contribution is 0.122. The number of carbonyl (C=O) groups excluding carboxylic acids is 1. The fraction of sp³-hybridized carbons (Fsp3) is 0.450. The zero-order chi connectivity index (χ0) is 19.5. The van der Waals surface area contributed by atoms with Crippen molar-refractivity contribution < 1.29 is 9.53 Å². The molecule has 0 radical (unpaired) electrons. The Balaban J connectivity index is 1.62. The predicted octanol–water partition coefficient (Wildman–Crippen LogP) is 2.07. The van der Waals surface area contributed by atoms with E-state index in [-0.39, 0.29) is 6.03 Å². The standard InChI is InChI=1S/C20H26N6O2/c1-3-21-20(27)22-15-6-4-14(5-7-15)18-23-17-13-25(2)12-16(17)19(24-18)26-8-10-28-11-9-26/h4-7H,3,8-13H2,1-2H3,(H2,21,22,27). The Kier molecular flexibility index (Phi) is 5.40. The van der Waals surface area contributed by atoms with Gasteiger partial charge in [0, 0.05) is 49.5 Å². The van der Waals surface area contributed by atoms with Crippen LogP contribution in [0.4, 0.5) is 16.3 Å². The molecule has 8 heteroatoms. The van der Waals surface area contributed by atoms with E-state index in [1.807, 2.05) is 31.2 Å². The molecule has 28 heavy (non-hydrogen) atoms. The largest absolute Gasteiger partial charge is 0.378 e. The number of hydrogen-bond acceptors (Lipinski definition) is 6. The first-order valence-corrected chi connectivity index (χ1v) is 9.70. The molecule has 3 heterocycles. The van der Waals surface area contributed by atoms with Gasteiger partial charge in [0.2, 0.25) is 0 Å². The van der Waals surface area contributed by atoms with Gasteiger partial charge < -0.3 is 20.3 Å². The third-order valence-corrected chi connectivity index (χ3v) is 4.97. The molecule has 2 aliphatic heterocycles. The molecule has 1 aromatic carbocycles. The summed E-state index contributed by atoms with van der Waals surface area (Å²) in [6, 6.07) is 7.45. The zero-order valence-corrected chi connectivity index (χ0v) is 16.4. The minimum Gasteiger partial charge on any atom is -0.378 e. The van der Waals surface area contributed by atoms with Gasteiger partial charge in [0.15, 0.2) is 5.82 Å².